The topological polar surface area (TPSA) is 49.4 Å². The van der Waals surface area contributed by atoms with Crippen molar-refractivity contribution in [3.63, 3.8) is 0 Å². The molecule has 1 aliphatic carbocycles. The van der Waals surface area contributed by atoms with Crippen LogP contribution in [0.1, 0.15) is 56.9 Å². The standard InChI is InChI=1S/C22H28N2O2S/c1-15-9-8-11-18(16(15)2)23-21(25)14-24(3)22(26)20-13-17-10-6-4-5-7-12-19(17)27-20/h8-9,11,13H,4-7,10,12,14H2,1-3H3,(H,23,25). The van der Waals surface area contributed by atoms with Crippen LogP contribution in [-0.2, 0) is 17.6 Å². The van der Waals surface area contributed by atoms with E-state index < -0.39 is 0 Å². The van der Waals surface area contributed by atoms with Gasteiger partial charge in [0.1, 0.15) is 0 Å². The lowest BCUT2D eigenvalue weighted by Gasteiger charge is -2.17. The molecule has 144 valence electrons. The van der Waals surface area contributed by atoms with Crippen LogP contribution in [0.15, 0.2) is 24.3 Å². The van der Waals surface area contributed by atoms with E-state index in [0.717, 1.165) is 34.5 Å². The number of rotatable bonds is 4. The van der Waals surface area contributed by atoms with Gasteiger partial charge in [0.15, 0.2) is 0 Å². The molecule has 0 saturated carbocycles. The van der Waals surface area contributed by atoms with E-state index in [4.69, 9.17) is 0 Å². The highest BCUT2D eigenvalue weighted by Gasteiger charge is 2.20. The van der Waals surface area contributed by atoms with Crippen LogP contribution in [0.4, 0.5) is 5.69 Å². The van der Waals surface area contributed by atoms with Crippen LogP contribution in [0.3, 0.4) is 0 Å². The van der Waals surface area contributed by atoms with E-state index in [1.165, 1.54) is 41.0 Å². The SMILES string of the molecule is Cc1cccc(NC(=O)CN(C)C(=O)c2cc3c(s2)CCCCCC3)c1C. The molecule has 1 aromatic carbocycles. The number of hydrogen-bond acceptors (Lipinski definition) is 3. The Balaban J connectivity index is 1.64. The third-order valence-electron chi connectivity index (χ3n) is 5.31. The molecule has 1 aromatic heterocycles. The molecule has 3 rings (SSSR count). The summed E-state index contributed by atoms with van der Waals surface area (Å²) in [5.74, 6) is -0.239. The Morgan fingerprint density at radius 2 is 1.85 bits per heavy atom. The highest BCUT2D eigenvalue weighted by Crippen LogP contribution is 2.29. The van der Waals surface area contributed by atoms with Crippen molar-refractivity contribution in [2.75, 3.05) is 18.9 Å². The van der Waals surface area contributed by atoms with Crippen molar-refractivity contribution < 1.29 is 9.59 Å². The van der Waals surface area contributed by atoms with Gasteiger partial charge in [0.25, 0.3) is 5.91 Å². The number of amides is 2. The smallest absolute Gasteiger partial charge is 0.264 e. The summed E-state index contributed by atoms with van der Waals surface area (Å²) >= 11 is 1.61. The van der Waals surface area contributed by atoms with Gasteiger partial charge in [-0.15, -0.1) is 11.3 Å². The van der Waals surface area contributed by atoms with E-state index in [-0.39, 0.29) is 18.4 Å². The number of fused-ring (bicyclic) bond motifs is 1. The number of benzene rings is 1. The van der Waals surface area contributed by atoms with Crippen molar-refractivity contribution in [1.82, 2.24) is 4.90 Å². The van der Waals surface area contributed by atoms with Gasteiger partial charge >= 0.3 is 0 Å². The molecule has 0 saturated heterocycles. The summed E-state index contributed by atoms with van der Waals surface area (Å²) in [5.41, 5.74) is 4.32. The largest absolute Gasteiger partial charge is 0.332 e. The Morgan fingerprint density at radius 3 is 2.63 bits per heavy atom. The predicted octanol–water partition coefficient (Wildman–Crippen LogP) is 4.73. The molecule has 0 unspecified atom stereocenters. The minimum Gasteiger partial charge on any atom is -0.332 e. The first-order valence-electron chi connectivity index (χ1n) is 9.69. The minimum atomic E-state index is -0.172. The Kier molecular flexibility index (Phi) is 6.32. The molecule has 0 spiro atoms. The summed E-state index contributed by atoms with van der Waals surface area (Å²) in [5, 5.41) is 2.92. The fourth-order valence-corrected chi connectivity index (χ4v) is 4.75. The number of carbonyl (C=O) groups is 2. The molecule has 0 aliphatic heterocycles. The number of likely N-dealkylation sites (N-methyl/N-ethyl adjacent to an activating group) is 1. The van der Waals surface area contributed by atoms with E-state index in [0.29, 0.717) is 0 Å². The Hall–Kier alpha value is -2.14. The molecule has 0 atom stereocenters. The summed E-state index contributed by atoms with van der Waals surface area (Å²) in [7, 11) is 1.70. The normalized spacial score (nSPS) is 14.0. The first kappa shape index (κ1) is 19.6. The summed E-state index contributed by atoms with van der Waals surface area (Å²) < 4.78 is 0. The Labute approximate surface area is 165 Å². The third-order valence-corrected chi connectivity index (χ3v) is 6.54. The molecule has 5 heteroatoms. The average Bonchev–Trinajstić information content (AvgIpc) is 3.00. The molecule has 1 heterocycles. The van der Waals surface area contributed by atoms with Gasteiger partial charge in [0.05, 0.1) is 11.4 Å². The second-order valence-corrected chi connectivity index (χ2v) is 8.57. The van der Waals surface area contributed by atoms with E-state index in [1.807, 2.05) is 38.1 Å². The molecular formula is C22H28N2O2S. The van der Waals surface area contributed by atoms with E-state index in [1.54, 1.807) is 18.4 Å². The van der Waals surface area contributed by atoms with Crippen LogP contribution in [0.25, 0.3) is 0 Å². The zero-order valence-electron chi connectivity index (χ0n) is 16.4. The highest BCUT2D eigenvalue weighted by atomic mass is 32.1. The molecule has 0 bridgehead atoms. The fourth-order valence-electron chi connectivity index (χ4n) is 3.50. The molecular weight excluding hydrogens is 356 g/mol. The quantitative estimate of drug-likeness (QED) is 0.828. The van der Waals surface area contributed by atoms with Gasteiger partial charge in [0.2, 0.25) is 5.91 Å². The van der Waals surface area contributed by atoms with Crippen LogP contribution >= 0.6 is 11.3 Å². The van der Waals surface area contributed by atoms with Gasteiger partial charge in [-0.05, 0) is 68.4 Å². The first-order valence-corrected chi connectivity index (χ1v) is 10.5. The number of hydrogen-bond donors (Lipinski definition) is 1. The molecule has 0 fully saturated rings. The van der Waals surface area contributed by atoms with Crippen molar-refractivity contribution >= 4 is 28.8 Å². The van der Waals surface area contributed by atoms with Gasteiger partial charge in [-0.1, -0.05) is 25.0 Å². The maximum Gasteiger partial charge on any atom is 0.264 e. The number of nitrogens with one attached hydrogen (secondary N) is 1. The lowest BCUT2D eigenvalue weighted by Crippen LogP contribution is -2.34. The van der Waals surface area contributed by atoms with E-state index in [9.17, 15) is 9.59 Å². The van der Waals surface area contributed by atoms with Crippen LogP contribution in [-0.4, -0.2) is 30.3 Å². The summed E-state index contributed by atoms with van der Waals surface area (Å²) in [4.78, 5) is 28.8. The second kappa shape index (κ2) is 8.70. The highest BCUT2D eigenvalue weighted by molar-refractivity contribution is 7.14. The molecule has 0 radical (unpaired) electrons. The van der Waals surface area contributed by atoms with Gasteiger partial charge in [-0.25, -0.2) is 0 Å². The van der Waals surface area contributed by atoms with Crippen molar-refractivity contribution in [1.29, 1.82) is 0 Å². The minimum absolute atomic E-state index is 0.0504. The average molecular weight is 385 g/mol. The maximum absolute atomic E-state index is 12.8. The monoisotopic (exact) mass is 384 g/mol. The van der Waals surface area contributed by atoms with Crippen LogP contribution in [0.2, 0.25) is 0 Å². The number of carbonyl (C=O) groups excluding carboxylic acids is 2. The summed E-state index contributed by atoms with van der Waals surface area (Å²) in [6.07, 6.45) is 7.09. The predicted molar refractivity (Wildman–Crippen MR) is 112 cm³/mol. The van der Waals surface area contributed by atoms with Crippen molar-refractivity contribution in [2.24, 2.45) is 0 Å². The lowest BCUT2D eigenvalue weighted by atomic mass is 10.00. The Bertz CT molecular complexity index is 815. The summed E-state index contributed by atoms with van der Waals surface area (Å²) in [6.45, 7) is 4.06. The molecule has 1 aliphatic rings. The van der Waals surface area contributed by atoms with Crippen molar-refractivity contribution in [3.05, 3.63) is 50.7 Å². The van der Waals surface area contributed by atoms with Crippen molar-refractivity contribution in [3.8, 4) is 0 Å². The number of nitrogens with zero attached hydrogens (tertiary/aromatic N) is 1. The molecule has 2 amide bonds. The number of anilines is 1. The maximum atomic E-state index is 12.8. The first-order chi connectivity index (χ1) is 13.0. The van der Waals surface area contributed by atoms with Gasteiger partial charge in [0, 0.05) is 17.6 Å². The fraction of sp³-hybridized carbons (Fsp3) is 0.455. The van der Waals surface area contributed by atoms with Crippen LogP contribution < -0.4 is 5.32 Å². The van der Waals surface area contributed by atoms with Crippen LogP contribution in [0, 0.1) is 13.8 Å². The number of aryl methyl sites for hydroxylation is 3. The molecule has 1 N–H and O–H groups in total. The molecule has 2 aromatic rings. The zero-order valence-corrected chi connectivity index (χ0v) is 17.2. The van der Waals surface area contributed by atoms with Gasteiger partial charge in [-0.2, -0.15) is 0 Å². The van der Waals surface area contributed by atoms with Gasteiger partial charge < -0.3 is 10.2 Å². The van der Waals surface area contributed by atoms with E-state index in [2.05, 4.69) is 5.32 Å². The Morgan fingerprint density at radius 1 is 1.11 bits per heavy atom. The molecule has 27 heavy (non-hydrogen) atoms. The third kappa shape index (κ3) is 4.78. The molecule has 4 nitrogen and oxygen atoms in total. The zero-order chi connectivity index (χ0) is 19.4. The van der Waals surface area contributed by atoms with E-state index >= 15 is 0 Å². The number of thiophene rings is 1. The second-order valence-electron chi connectivity index (χ2n) is 7.43. The van der Waals surface area contributed by atoms with Gasteiger partial charge in [-0.3, -0.25) is 9.59 Å². The summed E-state index contributed by atoms with van der Waals surface area (Å²) in [6, 6.07) is 7.88. The van der Waals surface area contributed by atoms with Crippen molar-refractivity contribution in [2.45, 2.75) is 52.4 Å². The van der Waals surface area contributed by atoms with Crippen LogP contribution in [0.5, 0.6) is 0 Å². The lowest BCUT2D eigenvalue weighted by molar-refractivity contribution is -0.116.